The minimum absolute atomic E-state index is 0.0249. The third kappa shape index (κ3) is 5.80. The van der Waals surface area contributed by atoms with Crippen LogP contribution >= 0.6 is 11.8 Å². The van der Waals surface area contributed by atoms with Gasteiger partial charge in [0.15, 0.2) is 0 Å². The van der Waals surface area contributed by atoms with Crippen LogP contribution in [0.1, 0.15) is 22.7 Å². The van der Waals surface area contributed by atoms with E-state index in [-0.39, 0.29) is 17.5 Å². The van der Waals surface area contributed by atoms with E-state index in [1.807, 2.05) is 30.3 Å². The van der Waals surface area contributed by atoms with Crippen molar-refractivity contribution in [3.05, 3.63) is 95.4 Å². The van der Waals surface area contributed by atoms with Crippen LogP contribution in [0.15, 0.2) is 78.0 Å². The molecule has 3 rings (SSSR count). The van der Waals surface area contributed by atoms with Gasteiger partial charge >= 0.3 is 6.18 Å². The van der Waals surface area contributed by atoms with E-state index in [4.69, 9.17) is 0 Å². The number of rotatable bonds is 6. The summed E-state index contributed by atoms with van der Waals surface area (Å²) in [5, 5.41) is 3.20. The largest absolute Gasteiger partial charge is 0.417 e. The summed E-state index contributed by atoms with van der Waals surface area (Å²) in [5.74, 6) is -0.728. The Bertz CT molecular complexity index is 945. The van der Waals surface area contributed by atoms with Gasteiger partial charge in [0.2, 0.25) is 5.91 Å². The molecule has 150 valence electrons. The molecule has 0 radical (unpaired) electrons. The monoisotopic (exact) mass is 420 g/mol. The lowest BCUT2D eigenvalue weighted by molar-refractivity contribution is -0.137. The second-order valence-corrected chi connectivity index (χ2v) is 7.13. The van der Waals surface area contributed by atoms with Gasteiger partial charge in [-0.15, -0.1) is 0 Å². The Kier molecular flexibility index (Phi) is 6.53. The number of amides is 1. The fourth-order valence-electron chi connectivity index (χ4n) is 2.64. The fraction of sp³-hybridized carbons (Fsp3) is 0.143. The Labute approximate surface area is 169 Å². The Balaban J connectivity index is 1.68. The molecule has 1 N–H and O–H groups in total. The van der Waals surface area contributed by atoms with Gasteiger partial charge in [-0.1, -0.05) is 54.2 Å². The first-order valence-electron chi connectivity index (χ1n) is 8.59. The lowest BCUT2D eigenvalue weighted by Gasteiger charge is -2.20. The first-order valence-corrected chi connectivity index (χ1v) is 9.57. The molecule has 0 fully saturated rings. The number of nitrogens with zero attached hydrogens (tertiary/aromatic N) is 1. The molecule has 1 aromatic heterocycles. The minimum atomic E-state index is -4.45. The Morgan fingerprint density at radius 1 is 0.966 bits per heavy atom. The average Bonchev–Trinajstić information content (AvgIpc) is 2.71. The van der Waals surface area contributed by atoms with Crippen LogP contribution < -0.4 is 5.32 Å². The van der Waals surface area contributed by atoms with E-state index in [1.54, 1.807) is 12.1 Å². The van der Waals surface area contributed by atoms with E-state index in [1.165, 1.54) is 18.2 Å². The summed E-state index contributed by atoms with van der Waals surface area (Å²) >= 11 is 1.03. The maximum atomic E-state index is 13.3. The molecule has 29 heavy (non-hydrogen) atoms. The number of hydrogen-bond acceptors (Lipinski definition) is 3. The van der Waals surface area contributed by atoms with Crippen LogP contribution in [0.25, 0.3) is 0 Å². The number of benzene rings is 2. The van der Waals surface area contributed by atoms with Crippen molar-refractivity contribution in [3.8, 4) is 0 Å². The molecule has 1 unspecified atom stereocenters. The number of hydrogen-bond donors (Lipinski definition) is 1. The van der Waals surface area contributed by atoms with Crippen molar-refractivity contribution in [1.29, 1.82) is 0 Å². The summed E-state index contributed by atoms with van der Waals surface area (Å²) in [5.41, 5.74) is 0.695. The molecule has 0 bridgehead atoms. The third-order valence-electron chi connectivity index (χ3n) is 4.06. The topological polar surface area (TPSA) is 42.0 Å². The first kappa shape index (κ1) is 20.9. The summed E-state index contributed by atoms with van der Waals surface area (Å²) in [4.78, 5) is 16.2. The molecule has 3 aromatic rings. The molecular formula is C21H16F4N2OS. The van der Waals surface area contributed by atoms with Crippen LogP contribution in [0.4, 0.5) is 17.6 Å². The van der Waals surface area contributed by atoms with Crippen LogP contribution in [-0.4, -0.2) is 16.6 Å². The summed E-state index contributed by atoms with van der Waals surface area (Å²) in [6.45, 7) is 0. The standard InChI is InChI=1S/C21H16F4N2OS/c22-17-9-6-15(7-10-17)20(14-4-2-1-3-5-14)27-18(28)13-29-19-11-8-16(12-26-19)21(23,24)25/h1-12,20H,13H2,(H,27,28). The van der Waals surface area contributed by atoms with Crippen molar-refractivity contribution in [1.82, 2.24) is 10.3 Å². The number of carbonyl (C=O) groups is 1. The van der Waals surface area contributed by atoms with Gasteiger partial charge in [0.1, 0.15) is 5.82 Å². The quantitative estimate of drug-likeness (QED) is 0.438. The van der Waals surface area contributed by atoms with Gasteiger partial charge in [0.05, 0.1) is 22.4 Å². The normalized spacial score (nSPS) is 12.4. The third-order valence-corrected chi connectivity index (χ3v) is 5.00. The minimum Gasteiger partial charge on any atom is -0.344 e. The molecular weight excluding hydrogens is 404 g/mol. The Morgan fingerprint density at radius 2 is 1.62 bits per heavy atom. The SMILES string of the molecule is O=C(CSc1ccc(C(F)(F)F)cn1)NC(c1ccccc1)c1ccc(F)cc1. The highest BCUT2D eigenvalue weighted by Crippen LogP contribution is 2.29. The van der Waals surface area contributed by atoms with Gasteiger partial charge in [-0.2, -0.15) is 13.2 Å². The van der Waals surface area contributed by atoms with Crippen LogP contribution in [0.5, 0.6) is 0 Å². The zero-order valence-electron chi connectivity index (χ0n) is 15.0. The second-order valence-electron chi connectivity index (χ2n) is 6.13. The van der Waals surface area contributed by atoms with E-state index in [0.717, 1.165) is 29.6 Å². The zero-order chi connectivity index (χ0) is 20.9. The molecule has 0 aliphatic heterocycles. The van der Waals surface area contributed by atoms with Crippen LogP contribution in [0.2, 0.25) is 0 Å². The van der Waals surface area contributed by atoms with Gasteiger partial charge in [-0.25, -0.2) is 9.37 Å². The van der Waals surface area contributed by atoms with Gasteiger partial charge in [-0.3, -0.25) is 4.79 Å². The summed E-state index contributed by atoms with van der Waals surface area (Å²) in [6, 6.07) is 16.7. The summed E-state index contributed by atoms with van der Waals surface area (Å²) in [6.07, 6.45) is -3.71. The smallest absolute Gasteiger partial charge is 0.344 e. The predicted octanol–water partition coefficient (Wildman–Crippen LogP) is 5.24. The number of thioether (sulfide) groups is 1. The van der Waals surface area contributed by atoms with E-state index >= 15 is 0 Å². The number of aromatic nitrogens is 1. The highest BCUT2D eigenvalue weighted by atomic mass is 32.2. The lowest BCUT2D eigenvalue weighted by Crippen LogP contribution is -2.30. The van der Waals surface area contributed by atoms with Crippen LogP contribution in [-0.2, 0) is 11.0 Å². The fourth-order valence-corrected chi connectivity index (χ4v) is 3.29. The number of halogens is 4. The molecule has 0 saturated carbocycles. The number of pyridine rings is 1. The molecule has 2 aromatic carbocycles. The molecule has 3 nitrogen and oxygen atoms in total. The van der Waals surface area contributed by atoms with E-state index in [0.29, 0.717) is 10.6 Å². The highest BCUT2D eigenvalue weighted by Gasteiger charge is 2.30. The summed E-state index contributed by atoms with van der Waals surface area (Å²) < 4.78 is 51.0. The summed E-state index contributed by atoms with van der Waals surface area (Å²) in [7, 11) is 0. The van der Waals surface area contributed by atoms with Crippen LogP contribution in [0, 0.1) is 5.82 Å². The predicted molar refractivity (Wildman–Crippen MR) is 103 cm³/mol. The van der Waals surface area contributed by atoms with Gasteiger partial charge < -0.3 is 5.32 Å². The van der Waals surface area contributed by atoms with Crippen molar-refractivity contribution >= 4 is 17.7 Å². The highest BCUT2D eigenvalue weighted by molar-refractivity contribution is 7.99. The molecule has 0 aliphatic rings. The Morgan fingerprint density at radius 3 is 2.21 bits per heavy atom. The van der Waals surface area contributed by atoms with Gasteiger partial charge in [-0.05, 0) is 35.4 Å². The van der Waals surface area contributed by atoms with Crippen molar-refractivity contribution in [2.24, 2.45) is 0 Å². The first-order chi connectivity index (χ1) is 13.8. The number of alkyl halides is 3. The van der Waals surface area contributed by atoms with Crippen molar-refractivity contribution in [3.63, 3.8) is 0 Å². The van der Waals surface area contributed by atoms with E-state index in [9.17, 15) is 22.4 Å². The molecule has 0 saturated heterocycles. The van der Waals surface area contributed by atoms with Crippen LogP contribution in [0.3, 0.4) is 0 Å². The molecule has 1 atom stereocenters. The van der Waals surface area contributed by atoms with Crippen molar-refractivity contribution in [2.45, 2.75) is 17.2 Å². The molecule has 0 spiro atoms. The molecule has 1 heterocycles. The van der Waals surface area contributed by atoms with Gasteiger partial charge in [0.25, 0.3) is 0 Å². The number of carbonyl (C=O) groups excluding carboxylic acids is 1. The molecule has 8 heteroatoms. The lowest BCUT2D eigenvalue weighted by atomic mass is 9.98. The maximum Gasteiger partial charge on any atom is 0.417 e. The molecule has 1 amide bonds. The van der Waals surface area contributed by atoms with Crippen molar-refractivity contribution < 1.29 is 22.4 Å². The second kappa shape index (κ2) is 9.09. The number of nitrogens with one attached hydrogen (secondary N) is 1. The van der Waals surface area contributed by atoms with Crippen molar-refractivity contribution in [2.75, 3.05) is 5.75 Å². The van der Waals surface area contributed by atoms with E-state index < -0.39 is 17.8 Å². The van der Waals surface area contributed by atoms with E-state index in [2.05, 4.69) is 10.3 Å². The maximum absolute atomic E-state index is 13.3. The Hall–Kier alpha value is -2.87. The average molecular weight is 420 g/mol. The zero-order valence-corrected chi connectivity index (χ0v) is 15.8. The molecule has 0 aliphatic carbocycles. The van der Waals surface area contributed by atoms with Gasteiger partial charge in [0, 0.05) is 6.20 Å².